The van der Waals surface area contributed by atoms with E-state index in [4.69, 9.17) is 4.42 Å². The molecule has 0 saturated carbocycles. The van der Waals surface area contributed by atoms with E-state index in [0.29, 0.717) is 0 Å². The summed E-state index contributed by atoms with van der Waals surface area (Å²) in [5, 5.41) is 2.39. The standard InChI is InChI=1S/C10H9N.C9H8O/c1-8-6-7-9-4-2-3-5-10(9)11-8;1-7-6-8-4-2-3-5-9(8)10-7/h2-7H,1H3;2-6H,1H3. The molecule has 0 unspecified atom stereocenters. The lowest BCUT2D eigenvalue weighted by atomic mass is 10.2. The average molecular weight is 275 g/mol. The van der Waals surface area contributed by atoms with Gasteiger partial charge in [-0.1, -0.05) is 42.5 Å². The van der Waals surface area contributed by atoms with Crippen molar-refractivity contribution in [3.8, 4) is 0 Å². The van der Waals surface area contributed by atoms with Gasteiger partial charge in [0.05, 0.1) is 5.52 Å². The zero-order chi connectivity index (χ0) is 14.7. The van der Waals surface area contributed by atoms with Crippen molar-refractivity contribution in [2.45, 2.75) is 13.8 Å². The topological polar surface area (TPSA) is 26.0 Å². The highest BCUT2D eigenvalue weighted by molar-refractivity contribution is 5.78. The fraction of sp³-hybridized carbons (Fsp3) is 0.105. The molecule has 0 amide bonds. The molecule has 0 aliphatic carbocycles. The Balaban J connectivity index is 0.000000126. The van der Waals surface area contributed by atoms with Gasteiger partial charge in [-0.25, -0.2) is 0 Å². The third-order valence-corrected chi connectivity index (χ3v) is 3.29. The number of furan rings is 1. The molecule has 104 valence electrons. The van der Waals surface area contributed by atoms with Gasteiger partial charge in [0, 0.05) is 16.5 Å². The van der Waals surface area contributed by atoms with Crippen LogP contribution in [0.5, 0.6) is 0 Å². The van der Waals surface area contributed by atoms with Crippen LogP contribution in [0.2, 0.25) is 0 Å². The molecular weight excluding hydrogens is 258 g/mol. The molecule has 2 heterocycles. The molecular formula is C19H17NO. The summed E-state index contributed by atoms with van der Waals surface area (Å²) in [6.07, 6.45) is 0. The molecule has 0 bridgehead atoms. The van der Waals surface area contributed by atoms with Crippen LogP contribution in [-0.4, -0.2) is 4.98 Å². The molecule has 2 heteroatoms. The highest BCUT2D eigenvalue weighted by Crippen LogP contribution is 2.17. The number of aryl methyl sites for hydroxylation is 2. The second-order valence-electron chi connectivity index (χ2n) is 5.04. The quantitative estimate of drug-likeness (QED) is 0.436. The summed E-state index contributed by atoms with van der Waals surface area (Å²) in [4.78, 5) is 4.38. The minimum absolute atomic E-state index is 0.972. The van der Waals surface area contributed by atoms with E-state index in [1.165, 1.54) is 10.8 Å². The smallest absolute Gasteiger partial charge is 0.134 e. The van der Waals surface area contributed by atoms with Gasteiger partial charge in [-0.05, 0) is 38.1 Å². The van der Waals surface area contributed by atoms with Crippen LogP contribution in [0.25, 0.3) is 21.9 Å². The molecule has 4 aromatic rings. The maximum atomic E-state index is 5.37. The highest BCUT2D eigenvalue weighted by Gasteiger charge is 1.95. The molecule has 0 aliphatic rings. The maximum absolute atomic E-state index is 5.37. The molecule has 0 radical (unpaired) electrons. The molecule has 0 N–H and O–H groups in total. The summed E-state index contributed by atoms with van der Waals surface area (Å²) < 4.78 is 5.37. The number of hydrogen-bond acceptors (Lipinski definition) is 2. The summed E-state index contributed by atoms with van der Waals surface area (Å²) in [6, 6.07) is 22.3. The van der Waals surface area contributed by atoms with Crippen molar-refractivity contribution in [3.05, 3.63) is 78.2 Å². The first-order chi connectivity index (χ1) is 10.2. The van der Waals surface area contributed by atoms with E-state index in [9.17, 15) is 0 Å². The predicted molar refractivity (Wildman–Crippen MR) is 87.4 cm³/mol. The zero-order valence-corrected chi connectivity index (χ0v) is 12.2. The molecule has 4 rings (SSSR count). The lowest BCUT2D eigenvalue weighted by Crippen LogP contribution is -1.80. The van der Waals surface area contributed by atoms with Crippen molar-refractivity contribution in [2.75, 3.05) is 0 Å². The van der Waals surface area contributed by atoms with Gasteiger partial charge < -0.3 is 4.42 Å². The first-order valence-electron chi connectivity index (χ1n) is 7.00. The Morgan fingerprint density at radius 1 is 0.762 bits per heavy atom. The minimum Gasteiger partial charge on any atom is -0.461 e. The molecule has 2 aromatic heterocycles. The third kappa shape index (κ3) is 3.11. The van der Waals surface area contributed by atoms with E-state index < -0.39 is 0 Å². The van der Waals surface area contributed by atoms with Gasteiger partial charge in [0.2, 0.25) is 0 Å². The molecule has 0 atom stereocenters. The fourth-order valence-electron chi connectivity index (χ4n) is 2.28. The van der Waals surface area contributed by atoms with Crippen molar-refractivity contribution < 1.29 is 4.42 Å². The van der Waals surface area contributed by atoms with Crippen LogP contribution in [0.4, 0.5) is 0 Å². The van der Waals surface area contributed by atoms with Gasteiger partial charge in [-0.3, -0.25) is 4.98 Å². The van der Waals surface area contributed by atoms with Crippen LogP contribution in [0, 0.1) is 13.8 Å². The second-order valence-corrected chi connectivity index (χ2v) is 5.04. The Hall–Kier alpha value is -2.61. The number of para-hydroxylation sites is 2. The van der Waals surface area contributed by atoms with Crippen molar-refractivity contribution in [1.82, 2.24) is 4.98 Å². The number of hydrogen-bond donors (Lipinski definition) is 0. The van der Waals surface area contributed by atoms with E-state index in [1.54, 1.807) is 0 Å². The average Bonchev–Trinajstić information content (AvgIpc) is 2.88. The van der Waals surface area contributed by atoms with Crippen molar-refractivity contribution >= 4 is 21.9 Å². The van der Waals surface area contributed by atoms with Crippen molar-refractivity contribution in [1.29, 1.82) is 0 Å². The minimum atomic E-state index is 0.972. The summed E-state index contributed by atoms with van der Waals surface area (Å²) in [5.74, 6) is 0.973. The summed E-state index contributed by atoms with van der Waals surface area (Å²) in [6.45, 7) is 3.96. The number of nitrogens with zero attached hydrogens (tertiary/aromatic N) is 1. The van der Waals surface area contributed by atoms with Gasteiger partial charge in [-0.15, -0.1) is 0 Å². The van der Waals surface area contributed by atoms with E-state index in [2.05, 4.69) is 17.1 Å². The second kappa shape index (κ2) is 5.80. The molecule has 21 heavy (non-hydrogen) atoms. The lowest BCUT2D eigenvalue weighted by Gasteiger charge is -1.95. The first kappa shape index (κ1) is 13.4. The van der Waals surface area contributed by atoms with Gasteiger partial charge in [-0.2, -0.15) is 0 Å². The number of rotatable bonds is 0. The molecule has 0 fully saturated rings. The largest absolute Gasteiger partial charge is 0.461 e. The van der Waals surface area contributed by atoms with Crippen LogP contribution >= 0.6 is 0 Å². The summed E-state index contributed by atoms with van der Waals surface area (Å²) in [7, 11) is 0. The van der Waals surface area contributed by atoms with Gasteiger partial charge >= 0.3 is 0 Å². The molecule has 0 aliphatic heterocycles. The predicted octanol–water partition coefficient (Wildman–Crippen LogP) is 5.28. The van der Waals surface area contributed by atoms with Crippen molar-refractivity contribution in [2.24, 2.45) is 0 Å². The third-order valence-electron chi connectivity index (χ3n) is 3.29. The molecule has 0 saturated heterocycles. The molecule has 0 spiro atoms. The number of fused-ring (bicyclic) bond motifs is 2. The Morgan fingerprint density at radius 3 is 2.29 bits per heavy atom. The van der Waals surface area contributed by atoms with E-state index in [0.717, 1.165) is 22.6 Å². The van der Waals surface area contributed by atoms with Crippen molar-refractivity contribution in [3.63, 3.8) is 0 Å². The normalized spacial score (nSPS) is 10.4. The van der Waals surface area contributed by atoms with Crippen LogP contribution in [0.1, 0.15) is 11.5 Å². The number of aromatic nitrogens is 1. The number of pyridine rings is 1. The van der Waals surface area contributed by atoms with Crippen LogP contribution in [0.3, 0.4) is 0 Å². The van der Waals surface area contributed by atoms with Gasteiger partial charge in [0.1, 0.15) is 11.3 Å². The molecule has 2 nitrogen and oxygen atoms in total. The number of benzene rings is 2. The van der Waals surface area contributed by atoms with E-state index >= 15 is 0 Å². The van der Waals surface area contributed by atoms with Gasteiger partial charge in [0.15, 0.2) is 0 Å². The molecule has 2 aromatic carbocycles. The first-order valence-corrected chi connectivity index (χ1v) is 7.00. The Morgan fingerprint density at radius 2 is 1.48 bits per heavy atom. The monoisotopic (exact) mass is 275 g/mol. The van der Waals surface area contributed by atoms with Gasteiger partial charge in [0.25, 0.3) is 0 Å². The summed E-state index contributed by atoms with van der Waals surface area (Å²) in [5.41, 5.74) is 3.12. The lowest BCUT2D eigenvalue weighted by molar-refractivity contribution is 0.578. The summed E-state index contributed by atoms with van der Waals surface area (Å²) >= 11 is 0. The Bertz CT molecular complexity index is 844. The zero-order valence-electron chi connectivity index (χ0n) is 12.2. The highest BCUT2D eigenvalue weighted by atomic mass is 16.3. The fourth-order valence-corrected chi connectivity index (χ4v) is 2.28. The Kier molecular flexibility index (Phi) is 3.69. The Labute approximate surface area is 124 Å². The van der Waals surface area contributed by atoms with Crippen LogP contribution in [0.15, 0.2) is 71.1 Å². The van der Waals surface area contributed by atoms with Crippen LogP contribution < -0.4 is 0 Å². The van der Waals surface area contributed by atoms with Crippen LogP contribution in [-0.2, 0) is 0 Å². The van der Waals surface area contributed by atoms with E-state index in [-0.39, 0.29) is 0 Å². The maximum Gasteiger partial charge on any atom is 0.134 e. The SMILES string of the molecule is Cc1cc2ccccc2o1.Cc1ccc2ccccc2n1. The van der Waals surface area contributed by atoms with E-state index in [1.807, 2.05) is 68.4 Å².